The van der Waals surface area contributed by atoms with Crippen LogP contribution in [0.25, 0.3) is 54.4 Å². The van der Waals surface area contributed by atoms with E-state index < -0.39 is 0 Å². The van der Waals surface area contributed by atoms with Crippen molar-refractivity contribution in [3.8, 4) is 0 Å². The van der Waals surface area contributed by atoms with Gasteiger partial charge in [-0.3, -0.25) is 0 Å². The van der Waals surface area contributed by atoms with E-state index in [1.807, 2.05) is 6.07 Å². The third-order valence-corrected chi connectivity index (χ3v) is 5.80. The molecule has 6 rings (SSSR count). The third-order valence-electron chi connectivity index (χ3n) is 5.80. The first kappa shape index (κ1) is 14.7. The summed E-state index contributed by atoms with van der Waals surface area (Å²) in [6.07, 6.45) is 2.12. The van der Waals surface area contributed by atoms with Gasteiger partial charge in [0, 0.05) is 22.2 Å². The Morgan fingerprint density at radius 2 is 1.41 bits per heavy atom. The zero-order valence-electron chi connectivity index (χ0n) is 15.3. The second kappa shape index (κ2) is 5.08. The minimum atomic E-state index is 0.942. The quantitative estimate of drug-likeness (QED) is 0.237. The summed E-state index contributed by atoms with van der Waals surface area (Å²) in [6.45, 7) is 2.19. The highest BCUT2D eigenvalue weighted by molar-refractivity contribution is 6.31. The molecular weight excluding hydrogens is 330 g/mol. The van der Waals surface area contributed by atoms with Gasteiger partial charge in [-0.1, -0.05) is 42.5 Å². The van der Waals surface area contributed by atoms with Gasteiger partial charge in [-0.25, -0.2) is 4.57 Å². The molecule has 4 aromatic carbocycles. The molecule has 0 atom stereocenters. The fraction of sp³-hybridized carbons (Fsp3) is 0.0800. The molecule has 0 aliphatic carbocycles. The molecule has 0 bridgehead atoms. The molecule has 0 N–H and O–H groups in total. The Labute approximate surface area is 156 Å². The molecule has 0 aliphatic rings. The SMILES string of the molecule is Cc1cccc2c3ccc4c5ccccc5oc4c3c3ccc[n+](C)c3c12. The van der Waals surface area contributed by atoms with Crippen LogP contribution in [-0.2, 0) is 7.05 Å². The van der Waals surface area contributed by atoms with Gasteiger partial charge in [0.15, 0.2) is 6.20 Å². The number of hydrogen-bond acceptors (Lipinski definition) is 1. The van der Waals surface area contributed by atoms with E-state index in [0.717, 1.165) is 11.2 Å². The molecule has 2 heteroatoms. The number of aromatic nitrogens is 1. The maximum absolute atomic E-state index is 6.38. The molecule has 2 heterocycles. The molecule has 0 fully saturated rings. The van der Waals surface area contributed by atoms with Crippen LogP contribution < -0.4 is 4.57 Å². The van der Waals surface area contributed by atoms with Crippen molar-refractivity contribution in [3.63, 3.8) is 0 Å². The first-order valence-electron chi connectivity index (χ1n) is 9.27. The number of furan rings is 1. The average Bonchev–Trinajstić information content (AvgIpc) is 3.07. The van der Waals surface area contributed by atoms with Crippen molar-refractivity contribution in [2.75, 3.05) is 0 Å². The summed E-state index contributed by atoms with van der Waals surface area (Å²) >= 11 is 0. The maximum atomic E-state index is 6.38. The van der Waals surface area contributed by atoms with E-state index >= 15 is 0 Å². The Morgan fingerprint density at radius 3 is 2.33 bits per heavy atom. The van der Waals surface area contributed by atoms with E-state index in [1.165, 1.54) is 48.8 Å². The number of fused-ring (bicyclic) bond motifs is 10. The van der Waals surface area contributed by atoms with Gasteiger partial charge in [-0.2, -0.15) is 0 Å². The van der Waals surface area contributed by atoms with E-state index in [2.05, 4.69) is 85.4 Å². The molecule has 128 valence electrons. The zero-order chi connectivity index (χ0) is 18.1. The van der Waals surface area contributed by atoms with Crippen LogP contribution in [0.1, 0.15) is 5.56 Å². The summed E-state index contributed by atoms with van der Waals surface area (Å²) in [5.41, 5.74) is 4.48. The topological polar surface area (TPSA) is 17.0 Å². The molecule has 0 unspecified atom stereocenters. The van der Waals surface area contributed by atoms with Crippen LogP contribution >= 0.6 is 0 Å². The number of nitrogens with zero attached hydrogens (tertiary/aromatic N) is 1. The molecular formula is C25H18NO+. The maximum Gasteiger partial charge on any atom is 0.221 e. The fourth-order valence-electron chi connectivity index (χ4n) is 4.61. The molecule has 0 saturated carbocycles. The molecule has 6 aromatic rings. The van der Waals surface area contributed by atoms with Crippen molar-refractivity contribution < 1.29 is 8.98 Å². The van der Waals surface area contributed by atoms with Gasteiger partial charge in [-0.05, 0) is 41.5 Å². The Kier molecular flexibility index (Phi) is 2.77. The first-order chi connectivity index (χ1) is 13.2. The average molecular weight is 348 g/mol. The molecule has 2 aromatic heterocycles. The van der Waals surface area contributed by atoms with Gasteiger partial charge in [0.1, 0.15) is 18.2 Å². The summed E-state index contributed by atoms with van der Waals surface area (Å²) in [5.74, 6) is 0. The largest absolute Gasteiger partial charge is 0.455 e. The molecule has 0 radical (unpaired) electrons. The van der Waals surface area contributed by atoms with Crippen LogP contribution in [0.5, 0.6) is 0 Å². The lowest BCUT2D eigenvalue weighted by atomic mass is 9.93. The minimum absolute atomic E-state index is 0.942. The van der Waals surface area contributed by atoms with E-state index in [0.29, 0.717) is 0 Å². The van der Waals surface area contributed by atoms with Crippen LogP contribution in [0.15, 0.2) is 77.3 Å². The predicted molar refractivity (Wildman–Crippen MR) is 112 cm³/mol. The highest BCUT2D eigenvalue weighted by atomic mass is 16.3. The fourth-order valence-corrected chi connectivity index (χ4v) is 4.61. The molecule has 0 amide bonds. The number of rotatable bonds is 0. The first-order valence-corrected chi connectivity index (χ1v) is 9.27. The molecule has 0 spiro atoms. The standard InChI is InChI=1S/C25H18NO/c1-15-7-5-9-17-18-12-13-19-16-8-3-4-11-21(16)27-25(19)23(18)20-10-6-14-26(2)24(20)22(15)17/h3-14H,1-2H3/q+1. The summed E-state index contributed by atoms with van der Waals surface area (Å²) in [4.78, 5) is 0. The van der Waals surface area contributed by atoms with Gasteiger partial charge >= 0.3 is 0 Å². The van der Waals surface area contributed by atoms with Crippen LogP contribution in [0, 0.1) is 6.92 Å². The van der Waals surface area contributed by atoms with Gasteiger partial charge in [0.2, 0.25) is 5.52 Å². The van der Waals surface area contributed by atoms with Crippen molar-refractivity contribution in [2.24, 2.45) is 7.05 Å². The third kappa shape index (κ3) is 1.82. The number of pyridine rings is 1. The van der Waals surface area contributed by atoms with Crippen LogP contribution in [0.2, 0.25) is 0 Å². The van der Waals surface area contributed by atoms with E-state index in [1.54, 1.807) is 0 Å². The van der Waals surface area contributed by atoms with Gasteiger partial charge in [-0.15, -0.1) is 0 Å². The predicted octanol–water partition coefficient (Wildman–Crippen LogP) is 6.18. The Morgan fingerprint density at radius 1 is 0.667 bits per heavy atom. The molecule has 2 nitrogen and oxygen atoms in total. The molecule has 27 heavy (non-hydrogen) atoms. The molecule has 0 aliphatic heterocycles. The highest BCUT2D eigenvalue weighted by Crippen LogP contribution is 2.41. The van der Waals surface area contributed by atoms with E-state index in [9.17, 15) is 0 Å². The van der Waals surface area contributed by atoms with Crippen LogP contribution in [0.3, 0.4) is 0 Å². The second-order valence-electron chi connectivity index (χ2n) is 7.34. The number of benzene rings is 4. The Balaban J connectivity index is 2.03. The van der Waals surface area contributed by atoms with E-state index in [-0.39, 0.29) is 0 Å². The van der Waals surface area contributed by atoms with Crippen molar-refractivity contribution >= 4 is 54.4 Å². The van der Waals surface area contributed by atoms with E-state index in [4.69, 9.17) is 4.42 Å². The highest BCUT2D eigenvalue weighted by Gasteiger charge is 2.20. The summed E-state index contributed by atoms with van der Waals surface area (Å²) in [7, 11) is 2.12. The lowest BCUT2D eigenvalue weighted by molar-refractivity contribution is -0.644. The number of hydrogen-bond donors (Lipinski definition) is 0. The van der Waals surface area contributed by atoms with Crippen molar-refractivity contribution in [2.45, 2.75) is 6.92 Å². The lowest BCUT2D eigenvalue weighted by Gasteiger charge is -2.10. The Bertz CT molecular complexity index is 1540. The Hall–Kier alpha value is -3.39. The van der Waals surface area contributed by atoms with Crippen LogP contribution in [-0.4, -0.2) is 0 Å². The summed E-state index contributed by atoms with van der Waals surface area (Å²) in [6, 6.07) is 23.7. The summed E-state index contributed by atoms with van der Waals surface area (Å²) < 4.78 is 8.61. The van der Waals surface area contributed by atoms with Gasteiger partial charge in [0.25, 0.3) is 0 Å². The lowest BCUT2D eigenvalue weighted by Crippen LogP contribution is -2.28. The molecule has 0 saturated heterocycles. The van der Waals surface area contributed by atoms with Crippen LogP contribution in [0.4, 0.5) is 0 Å². The minimum Gasteiger partial charge on any atom is -0.455 e. The van der Waals surface area contributed by atoms with Gasteiger partial charge in [0.05, 0.1) is 10.8 Å². The number of aryl methyl sites for hydroxylation is 2. The normalized spacial score (nSPS) is 12.1. The van der Waals surface area contributed by atoms with Gasteiger partial charge < -0.3 is 4.42 Å². The smallest absolute Gasteiger partial charge is 0.221 e. The number of para-hydroxylation sites is 1. The monoisotopic (exact) mass is 348 g/mol. The van der Waals surface area contributed by atoms with Crippen molar-refractivity contribution in [3.05, 3.63) is 78.5 Å². The summed E-state index contributed by atoms with van der Waals surface area (Å²) in [5, 5.41) is 8.64. The zero-order valence-corrected chi connectivity index (χ0v) is 15.3. The van der Waals surface area contributed by atoms with Crippen molar-refractivity contribution in [1.82, 2.24) is 0 Å². The van der Waals surface area contributed by atoms with Crippen molar-refractivity contribution in [1.29, 1.82) is 0 Å². The second-order valence-corrected chi connectivity index (χ2v) is 7.34.